The highest BCUT2D eigenvalue weighted by atomic mass is 14.6. The van der Waals surface area contributed by atoms with Gasteiger partial charge in [0.15, 0.2) is 0 Å². The molecule has 16 heavy (non-hydrogen) atoms. The molecule has 1 aliphatic rings. The number of hydrogen-bond donors (Lipinski definition) is 1. The molecule has 3 rings (SSSR count). The molecular weight excluding hydrogens is 194 g/mol. The van der Waals surface area contributed by atoms with E-state index in [1.165, 1.54) is 29.2 Å². The summed E-state index contributed by atoms with van der Waals surface area (Å²) < 4.78 is 0. The maximum Gasteiger partial charge on any atom is 0.00448 e. The van der Waals surface area contributed by atoms with E-state index in [1.54, 1.807) is 0 Å². The van der Waals surface area contributed by atoms with E-state index in [0.717, 1.165) is 6.42 Å². The lowest BCUT2D eigenvalue weighted by atomic mass is 9.92. The molecule has 0 spiro atoms. The van der Waals surface area contributed by atoms with Crippen molar-refractivity contribution in [3.8, 4) is 0 Å². The van der Waals surface area contributed by atoms with Crippen LogP contribution >= 0.6 is 0 Å². The fourth-order valence-electron chi connectivity index (χ4n) is 2.91. The monoisotopic (exact) mass is 211 g/mol. The normalized spacial score (nSPS) is 25.1. The second-order valence-corrected chi connectivity index (χ2v) is 4.84. The van der Waals surface area contributed by atoms with E-state index in [1.807, 2.05) is 0 Å². The molecule has 1 saturated carbocycles. The Morgan fingerprint density at radius 2 is 1.75 bits per heavy atom. The van der Waals surface area contributed by atoms with Crippen LogP contribution in [0, 0.1) is 0 Å². The van der Waals surface area contributed by atoms with Gasteiger partial charge < -0.3 is 5.73 Å². The quantitative estimate of drug-likeness (QED) is 0.768. The molecule has 2 unspecified atom stereocenters. The van der Waals surface area contributed by atoms with Gasteiger partial charge in [0, 0.05) is 6.04 Å². The molecule has 0 bridgehead atoms. The zero-order valence-corrected chi connectivity index (χ0v) is 9.39. The van der Waals surface area contributed by atoms with Gasteiger partial charge in [0.2, 0.25) is 0 Å². The zero-order chi connectivity index (χ0) is 11.0. The van der Waals surface area contributed by atoms with Gasteiger partial charge in [-0.1, -0.05) is 42.5 Å². The van der Waals surface area contributed by atoms with E-state index in [9.17, 15) is 0 Å². The molecule has 0 amide bonds. The van der Waals surface area contributed by atoms with Crippen LogP contribution in [0.15, 0.2) is 42.5 Å². The molecule has 0 aromatic heterocycles. The van der Waals surface area contributed by atoms with Gasteiger partial charge in [-0.25, -0.2) is 0 Å². The van der Waals surface area contributed by atoms with Crippen LogP contribution in [0.1, 0.15) is 30.7 Å². The van der Waals surface area contributed by atoms with Crippen molar-refractivity contribution >= 4 is 10.8 Å². The molecule has 1 fully saturated rings. The lowest BCUT2D eigenvalue weighted by molar-refractivity contribution is 0.677. The first-order valence-electron chi connectivity index (χ1n) is 6.08. The molecule has 1 nitrogen and oxygen atoms in total. The summed E-state index contributed by atoms with van der Waals surface area (Å²) in [7, 11) is 0. The fraction of sp³-hybridized carbons (Fsp3) is 0.333. The minimum Gasteiger partial charge on any atom is -0.328 e. The van der Waals surface area contributed by atoms with Crippen molar-refractivity contribution in [3.63, 3.8) is 0 Å². The predicted octanol–water partition coefficient (Wildman–Crippen LogP) is 3.43. The van der Waals surface area contributed by atoms with Crippen LogP contribution in [0.2, 0.25) is 0 Å². The van der Waals surface area contributed by atoms with Crippen LogP contribution in [0.3, 0.4) is 0 Å². The van der Waals surface area contributed by atoms with Crippen molar-refractivity contribution in [3.05, 3.63) is 48.0 Å². The van der Waals surface area contributed by atoms with Gasteiger partial charge in [-0.15, -0.1) is 0 Å². The maximum atomic E-state index is 6.01. The summed E-state index contributed by atoms with van der Waals surface area (Å²) in [6, 6.07) is 15.7. The Hall–Kier alpha value is -1.34. The number of fused-ring (bicyclic) bond motifs is 1. The minimum atomic E-state index is 0.406. The SMILES string of the molecule is NC1CCC(c2cccc3ccccc23)C1. The van der Waals surface area contributed by atoms with Gasteiger partial charge in [-0.2, -0.15) is 0 Å². The summed E-state index contributed by atoms with van der Waals surface area (Å²) in [5.41, 5.74) is 7.50. The van der Waals surface area contributed by atoms with Gasteiger partial charge in [0.25, 0.3) is 0 Å². The summed E-state index contributed by atoms with van der Waals surface area (Å²) in [5, 5.41) is 2.75. The van der Waals surface area contributed by atoms with Crippen LogP contribution < -0.4 is 5.73 Å². The molecule has 0 radical (unpaired) electrons. The van der Waals surface area contributed by atoms with Gasteiger partial charge in [0.1, 0.15) is 0 Å². The first kappa shape index (κ1) is 9.86. The second kappa shape index (κ2) is 3.91. The standard InChI is InChI=1S/C15H17N/c16-13-9-8-12(10-13)15-7-3-5-11-4-1-2-6-14(11)15/h1-7,12-13H,8-10,16H2. The molecule has 0 heterocycles. The van der Waals surface area contributed by atoms with Crippen LogP contribution in [0.5, 0.6) is 0 Å². The Bertz CT molecular complexity index is 498. The molecule has 2 aromatic rings. The van der Waals surface area contributed by atoms with Crippen LogP contribution in [-0.2, 0) is 0 Å². The van der Waals surface area contributed by atoms with Crippen molar-refractivity contribution in [2.45, 2.75) is 31.2 Å². The molecule has 1 aliphatic carbocycles. The lowest BCUT2D eigenvalue weighted by Gasteiger charge is -2.13. The summed E-state index contributed by atoms with van der Waals surface area (Å²) in [6.07, 6.45) is 3.57. The predicted molar refractivity (Wildman–Crippen MR) is 68.5 cm³/mol. The van der Waals surface area contributed by atoms with E-state index in [2.05, 4.69) is 42.5 Å². The highest BCUT2D eigenvalue weighted by Crippen LogP contribution is 2.36. The highest BCUT2D eigenvalue weighted by Gasteiger charge is 2.24. The third-order valence-electron chi connectivity index (χ3n) is 3.74. The Kier molecular flexibility index (Phi) is 2.41. The number of rotatable bonds is 1. The lowest BCUT2D eigenvalue weighted by Crippen LogP contribution is -2.14. The van der Waals surface area contributed by atoms with Crippen molar-refractivity contribution in [2.24, 2.45) is 5.73 Å². The summed E-state index contributed by atoms with van der Waals surface area (Å²) in [5.74, 6) is 0.668. The second-order valence-electron chi connectivity index (χ2n) is 4.84. The summed E-state index contributed by atoms with van der Waals surface area (Å²) >= 11 is 0. The molecule has 0 saturated heterocycles. The molecule has 0 aliphatic heterocycles. The average molecular weight is 211 g/mol. The van der Waals surface area contributed by atoms with Gasteiger partial charge >= 0.3 is 0 Å². The van der Waals surface area contributed by atoms with E-state index < -0.39 is 0 Å². The van der Waals surface area contributed by atoms with Gasteiger partial charge in [-0.05, 0) is 41.5 Å². The first-order valence-corrected chi connectivity index (χ1v) is 6.08. The van der Waals surface area contributed by atoms with Crippen molar-refractivity contribution in [1.29, 1.82) is 0 Å². The van der Waals surface area contributed by atoms with E-state index in [0.29, 0.717) is 12.0 Å². The number of nitrogens with two attached hydrogens (primary N) is 1. The van der Waals surface area contributed by atoms with E-state index >= 15 is 0 Å². The highest BCUT2D eigenvalue weighted by molar-refractivity contribution is 5.86. The summed E-state index contributed by atoms with van der Waals surface area (Å²) in [6.45, 7) is 0. The average Bonchev–Trinajstić information content (AvgIpc) is 2.75. The van der Waals surface area contributed by atoms with Crippen LogP contribution in [0.25, 0.3) is 10.8 Å². The molecule has 2 aromatic carbocycles. The molecule has 1 heteroatoms. The fourth-order valence-corrected chi connectivity index (χ4v) is 2.91. The minimum absolute atomic E-state index is 0.406. The van der Waals surface area contributed by atoms with Crippen LogP contribution in [-0.4, -0.2) is 6.04 Å². The van der Waals surface area contributed by atoms with E-state index in [-0.39, 0.29) is 0 Å². The third kappa shape index (κ3) is 1.61. The van der Waals surface area contributed by atoms with E-state index in [4.69, 9.17) is 5.73 Å². The smallest absolute Gasteiger partial charge is 0.00448 e. The van der Waals surface area contributed by atoms with Gasteiger partial charge in [0.05, 0.1) is 0 Å². The Labute approximate surface area is 96.3 Å². The topological polar surface area (TPSA) is 26.0 Å². The Morgan fingerprint density at radius 3 is 2.56 bits per heavy atom. The molecular formula is C15H17N. The molecule has 2 N–H and O–H groups in total. The number of benzene rings is 2. The van der Waals surface area contributed by atoms with Crippen molar-refractivity contribution < 1.29 is 0 Å². The largest absolute Gasteiger partial charge is 0.328 e. The van der Waals surface area contributed by atoms with Crippen LogP contribution in [0.4, 0.5) is 0 Å². The number of hydrogen-bond acceptors (Lipinski definition) is 1. The molecule has 2 atom stereocenters. The van der Waals surface area contributed by atoms with Crippen molar-refractivity contribution in [2.75, 3.05) is 0 Å². The molecule has 82 valence electrons. The zero-order valence-electron chi connectivity index (χ0n) is 9.39. The summed E-state index contributed by atoms with van der Waals surface area (Å²) in [4.78, 5) is 0. The Balaban J connectivity index is 2.09. The first-order chi connectivity index (χ1) is 7.84. The van der Waals surface area contributed by atoms with Gasteiger partial charge in [-0.3, -0.25) is 0 Å². The Morgan fingerprint density at radius 1 is 0.938 bits per heavy atom. The third-order valence-corrected chi connectivity index (χ3v) is 3.74. The van der Waals surface area contributed by atoms with Crippen molar-refractivity contribution in [1.82, 2.24) is 0 Å². The maximum absolute atomic E-state index is 6.01.